The molecule has 2 aliphatic heterocycles. The van der Waals surface area contributed by atoms with E-state index in [0.717, 1.165) is 12.8 Å². The highest BCUT2D eigenvalue weighted by Crippen LogP contribution is 2.36. The summed E-state index contributed by atoms with van der Waals surface area (Å²) in [6.45, 7) is 0.653. The number of alkyl halides is 3. The Labute approximate surface area is 138 Å². The van der Waals surface area contributed by atoms with E-state index < -0.39 is 23.8 Å². The van der Waals surface area contributed by atoms with E-state index in [1.165, 1.54) is 5.01 Å². The minimum absolute atomic E-state index is 0.0861. The molecule has 2 heterocycles. The number of anilines is 1. The standard InChI is InChI=1S/C17H20F3N3O/c1-22-10-6-5-9-13(16(22)24)14-11-15(17(18,19)20)21-23(14)12-7-3-2-4-8-12/h2-4,7-8,13-14H,5-6,9-11H2,1H3. The van der Waals surface area contributed by atoms with E-state index in [9.17, 15) is 18.0 Å². The summed E-state index contributed by atoms with van der Waals surface area (Å²) in [4.78, 5) is 14.3. The molecule has 2 aliphatic rings. The Balaban J connectivity index is 1.94. The maximum absolute atomic E-state index is 13.2. The summed E-state index contributed by atoms with van der Waals surface area (Å²) in [5.74, 6) is -0.557. The van der Waals surface area contributed by atoms with E-state index >= 15 is 0 Å². The minimum atomic E-state index is -4.47. The van der Waals surface area contributed by atoms with Crippen LogP contribution in [0.15, 0.2) is 35.4 Å². The lowest BCUT2D eigenvalue weighted by Crippen LogP contribution is -2.43. The first-order valence-corrected chi connectivity index (χ1v) is 8.12. The van der Waals surface area contributed by atoms with Gasteiger partial charge in [-0.3, -0.25) is 9.80 Å². The number of rotatable bonds is 2. The van der Waals surface area contributed by atoms with Gasteiger partial charge in [0.15, 0.2) is 0 Å². The van der Waals surface area contributed by atoms with Crippen molar-refractivity contribution in [3.05, 3.63) is 30.3 Å². The average Bonchev–Trinajstić information content (AvgIpc) is 2.93. The fourth-order valence-corrected chi connectivity index (χ4v) is 3.43. The van der Waals surface area contributed by atoms with Gasteiger partial charge in [-0.25, -0.2) is 0 Å². The second-order valence-electron chi connectivity index (χ2n) is 6.36. The number of hydrazone groups is 1. The van der Waals surface area contributed by atoms with E-state index in [0.29, 0.717) is 18.7 Å². The van der Waals surface area contributed by atoms with E-state index in [2.05, 4.69) is 5.10 Å². The number of nitrogens with zero attached hydrogens (tertiary/aromatic N) is 3. The number of para-hydroxylation sites is 1. The number of hydrogen-bond acceptors (Lipinski definition) is 3. The third-order valence-corrected chi connectivity index (χ3v) is 4.71. The van der Waals surface area contributed by atoms with Gasteiger partial charge in [-0.2, -0.15) is 18.3 Å². The molecule has 4 nitrogen and oxygen atoms in total. The van der Waals surface area contributed by atoms with Crippen LogP contribution < -0.4 is 5.01 Å². The van der Waals surface area contributed by atoms with Crippen molar-refractivity contribution in [2.24, 2.45) is 11.0 Å². The molecule has 1 saturated heterocycles. The molecule has 0 bridgehead atoms. The zero-order valence-electron chi connectivity index (χ0n) is 13.5. The topological polar surface area (TPSA) is 35.9 Å². The van der Waals surface area contributed by atoms with Gasteiger partial charge in [-0.1, -0.05) is 24.6 Å². The van der Waals surface area contributed by atoms with Crippen LogP contribution in [0.3, 0.4) is 0 Å². The van der Waals surface area contributed by atoms with Crippen LogP contribution in [0.4, 0.5) is 18.9 Å². The van der Waals surface area contributed by atoms with Crippen LogP contribution >= 0.6 is 0 Å². The molecular formula is C17H20F3N3O. The third kappa shape index (κ3) is 3.25. The lowest BCUT2D eigenvalue weighted by molar-refractivity contribution is -0.134. The second kappa shape index (κ2) is 6.45. The molecule has 0 N–H and O–H groups in total. The van der Waals surface area contributed by atoms with Gasteiger partial charge in [0.25, 0.3) is 0 Å². The summed E-state index contributed by atoms with van der Waals surface area (Å²) in [5, 5.41) is 5.22. The van der Waals surface area contributed by atoms with Crippen molar-refractivity contribution < 1.29 is 18.0 Å². The highest BCUT2D eigenvalue weighted by molar-refractivity contribution is 5.94. The van der Waals surface area contributed by atoms with E-state index in [4.69, 9.17) is 0 Å². The van der Waals surface area contributed by atoms with Crippen LogP contribution in [0.1, 0.15) is 25.7 Å². The molecule has 2 atom stereocenters. The normalized spacial score (nSPS) is 25.7. The molecule has 1 fully saturated rings. The minimum Gasteiger partial charge on any atom is -0.345 e. The number of amides is 1. The largest absolute Gasteiger partial charge is 0.431 e. The van der Waals surface area contributed by atoms with Gasteiger partial charge in [-0.05, 0) is 25.0 Å². The fourth-order valence-electron chi connectivity index (χ4n) is 3.43. The van der Waals surface area contributed by atoms with Crippen molar-refractivity contribution in [2.45, 2.75) is 37.9 Å². The first-order valence-electron chi connectivity index (χ1n) is 8.12. The third-order valence-electron chi connectivity index (χ3n) is 4.71. The molecule has 0 aliphatic carbocycles. The maximum atomic E-state index is 13.2. The van der Waals surface area contributed by atoms with Crippen molar-refractivity contribution in [2.75, 3.05) is 18.6 Å². The Morgan fingerprint density at radius 1 is 1.17 bits per heavy atom. The number of halogens is 3. The number of carbonyl (C=O) groups is 1. The van der Waals surface area contributed by atoms with Gasteiger partial charge in [0.05, 0.1) is 17.6 Å². The molecule has 1 aromatic rings. The van der Waals surface area contributed by atoms with Crippen LogP contribution in [0, 0.1) is 5.92 Å². The molecule has 0 radical (unpaired) electrons. The molecule has 0 spiro atoms. The quantitative estimate of drug-likeness (QED) is 0.827. The predicted molar refractivity (Wildman–Crippen MR) is 85.8 cm³/mol. The fraction of sp³-hybridized carbons (Fsp3) is 0.529. The number of hydrogen-bond donors (Lipinski definition) is 0. The van der Waals surface area contributed by atoms with Crippen molar-refractivity contribution in [3.63, 3.8) is 0 Å². The summed E-state index contributed by atoms with van der Waals surface area (Å²) in [6, 6.07) is 8.18. The first-order chi connectivity index (χ1) is 11.4. The van der Waals surface area contributed by atoms with Crippen LogP contribution in [0.2, 0.25) is 0 Å². The van der Waals surface area contributed by atoms with Crippen molar-refractivity contribution in [1.29, 1.82) is 0 Å². The Hall–Kier alpha value is -2.05. The molecular weight excluding hydrogens is 319 g/mol. The van der Waals surface area contributed by atoms with E-state index in [-0.39, 0.29) is 12.3 Å². The Kier molecular flexibility index (Phi) is 4.51. The summed E-state index contributed by atoms with van der Waals surface area (Å²) in [6.07, 6.45) is -2.41. The van der Waals surface area contributed by atoms with Gasteiger partial charge in [0, 0.05) is 20.0 Å². The van der Waals surface area contributed by atoms with Crippen LogP contribution in [0.25, 0.3) is 0 Å². The van der Waals surface area contributed by atoms with Gasteiger partial charge in [0.2, 0.25) is 5.91 Å². The number of carbonyl (C=O) groups excluding carboxylic acids is 1. The molecule has 24 heavy (non-hydrogen) atoms. The molecule has 0 saturated carbocycles. The summed E-state index contributed by atoms with van der Waals surface area (Å²) < 4.78 is 39.6. The molecule has 3 rings (SSSR count). The highest BCUT2D eigenvalue weighted by atomic mass is 19.4. The van der Waals surface area contributed by atoms with Gasteiger partial charge in [0.1, 0.15) is 5.71 Å². The SMILES string of the molecule is CN1CCCCC(C2CC(C(F)(F)F)=NN2c2ccccc2)C1=O. The number of likely N-dealkylation sites (tertiary alicyclic amines) is 1. The Morgan fingerprint density at radius 2 is 1.88 bits per heavy atom. The summed E-state index contributed by atoms with van der Waals surface area (Å²) in [7, 11) is 1.72. The van der Waals surface area contributed by atoms with Crippen molar-refractivity contribution >= 4 is 17.3 Å². The lowest BCUT2D eigenvalue weighted by Gasteiger charge is -2.31. The summed E-state index contributed by atoms with van der Waals surface area (Å²) in [5.41, 5.74) is -0.225. The number of benzene rings is 1. The second-order valence-corrected chi connectivity index (χ2v) is 6.36. The molecule has 1 aromatic carbocycles. The van der Waals surface area contributed by atoms with Crippen molar-refractivity contribution in [3.8, 4) is 0 Å². The van der Waals surface area contributed by atoms with Crippen LogP contribution in [0.5, 0.6) is 0 Å². The lowest BCUT2D eigenvalue weighted by atomic mass is 9.90. The molecule has 1 amide bonds. The molecule has 0 aromatic heterocycles. The maximum Gasteiger partial charge on any atom is 0.431 e. The molecule has 2 unspecified atom stereocenters. The van der Waals surface area contributed by atoms with E-state index in [1.807, 2.05) is 0 Å². The zero-order valence-corrected chi connectivity index (χ0v) is 13.5. The van der Waals surface area contributed by atoms with Crippen LogP contribution in [-0.2, 0) is 4.79 Å². The molecule has 130 valence electrons. The van der Waals surface area contributed by atoms with Gasteiger partial charge < -0.3 is 4.90 Å². The Morgan fingerprint density at radius 3 is 2.54 bits per heavy atom. The predicted octanol–water partition coefficient (Wildman–Crippen LogP) is 3.44. The smallest absolute Gasteiger partial charge is 0.345 e. The molecule has 7 heteroatoms. The van der Waals surface area contributed by atoms with Gasteiger partial charge >= 0.3 is 6.18 Å². The average molecular weight is 339 g/mol. The monoisotopic (exact) mass is 339 g/mol. The first kappa shape index (κ1) is 16.8. The van der Waals surface area contributed by atoms with Gasteiger partial charge in [-0.15, -0.1) is 0 Å². The van der Waals surface area contributed by atoms with E-state index in [1.54, 1.807) is 42.3 Å². The van der Waals surface area contributed by atoms with Crippen molar-refractivity contribution in [1.82, 2.24) is 4.90 Å². The Bertz CT molecular complexity index is 630. The summed E-state index contributed by atoms with van der Waals surface area (Å²) >= 11 is 0. The highest BCUT2D eigenvalue weighted by Gasteiger charge is 2.47. The zero-order chi connectivity index (χ0) is 17.3. The van der Waals surface area contributed by atoms with Crippen LogP contribution in [-0.4, -0.2) is 42.3 Å².